The number of carbonyl (C=O) groups excluding carboxylic acids is 1. The maximum atomic E-state index is 12.9. The van der Waals surface area contributed by atoms with E-state index in [9.17, 15) is 15.0 Å². The van der Waals surface area contributed by atoms with Crippen molar-refractivity contribution in [2.45, 2.75) is 58.3 Å². The van der Waals surface area contributed by atoms with E-state index in [0.717, 1.165) is 69.4 Å². The average Bonchev–Trinajstić information content (AvgIpc) is 2.78. The predicted molar refractivity (Wildman–Crippen MR) is 131 cm³/mol. The standard InChI is InChI=1S/C27H40N2O4/c1-5-6-7-8-20-15-24(30)26(25(31)16-20)23-17-21(9-10-22(23)19(2)3)27(32)33-18-29-13-11-28(4)12-14-29/h15-17,22-23,30-31H,2,5-14,18H2,1,3-4H3/t22-,23+/m0/s1. The second-order valence-electron chi connectivity index (χ2n) is 9.70. The van der Waals surface area contributed by atoms with Crippen LogP contribution in [0.15, 0.2) is 35.9 Å². The van der Waals surface area contributed by atoms with Crippen LogP contribution in [0.25, 0.3) is 0 Å². The molecule has 1 aromatic carbocycles. The highest BCUT2D eigenvalue weighted by Gasteiger charge is 2.33. The van der Waals surface area contributed by atoms with Crippen LogP contribution in [0.5, 0.6) is 11.5 Å². The lowest BCUT2D eigenvalue weighted by Crippen LogP contribution is -2.45. The number of likely N-dealkylation sites (N-methyl/N-ethyl adjacent to an activating group) is 1. The van der Waals surface area contributed by atoms with Crippen LogP contribution in [0, 0.1) is 5.92 Å². The number of nitrogens with zero attached hydrogens (tertiary/aromatic N) is 2. The Labute approximate surface area is 198 Å². The molecular formula is C27H40N2O4. The number of allylic oxidation sites excluding steroid dienone is 2. The molecule has 1 fully saturated rings. The first-order chi connectivity index (χ1) is 15.8. The highest BCUT2D eigenvalue weighted by atomic mass is 16.5. The minimum Gasteiger partial charge on any atom is -0.507 e. The zero-order chi connectivity index (χ0) is 24.0. The van der Waals surface area contributed by atoms with E-state index in [0.29, 0.717) is 24.3 Å². The summed E-state index contributed by atoms with van der Waals surface area (Å²) in [4.78, 5) is 17.3. The molecule has 1 aliphatic carbocycles. The number of unbranched alkanes of at least 4 members (excludes halogenated alkanes) is 2. The SMILES string of the molecule is C=C(C)[C@@H]1CCC(C(=O)OCN2CCN(C)CC2)=C[C@H]1c1c(O)cc(CCCCC)cc1O. The highest BCUT2D eigenvalue weighted by Crippen LogP contribution is 2.46. The lowest BCUT2D eigenvalue weighted by molar-refractivity contribution is -0.144. The van der Waals surface area contributed by atoms with Gasteiger partial charge in [-0.3, -0.25) is 4.90 Å². The quantitative estimate of drug-likeness (QED) is 0.322. The molecule has 0 bridgehead atoms. The number of phenols is 2. The molecule has 1 aromatic rings. The first-order valence-corrected chi connectivity index (χ1v) is 12.3. The summed E-state index contributed by atoms with van der Waals surface area (Å²) >= 11 is 0. The van der Waals surface area contributed by atoms with Crippen molar-refractivity contribution in [2.75, 3.05) is 40.0 Å². The maximum absolute atomic E-state index is 12.9. The van der Waals surface area contributed by atoms with E-state index in [-0.39, 0.29) is 29.3 Å². The molecule has 3 rings (SSSR count). The molecule has 182 valence electrons. The van der Waals surface area contributed by atoms with Gasteiger partial charge in [-0.1, -0.05) is 38.0 Å². The first kappa shape index (κ1) is 25.3. The minimum absolute atomic E-state index is 0.0434. The van der Waals surface area contributed by atoms with Crippen LogP contribution in [0.4, 0.5) is 0 Å². The van der Waals surface area contributed by atoms with Crippen LogP contribution in [0.3, 0.4) is 0 Å². The zero-order valence-corrected chi connectivity index (χ0v) is 20.5. The second kappa shape index (κ2) is 11.7. The Kier molecular flexibility index (Phi) is 8.98. The summed E-state index contributed by atoms with van der Waals surface area (Å²) in [6.07, 6.45) is 7.29. The fourth-order valence-electron chi connectivity index (χ4n) is 4.88. The zero-order valence-electron chi connectivity index (χ0n) is 20.5. The number of benzene rings is 1. The van der Waals surface area contributed by atoms with Gasteiger partial charge in [-0.2, -0.15) is 0 Å². The molecule has 33 heavy (non-hydrogen) atoms. The number of carbonyl (C=O) groups is 1. The second-order valence-corrected chi connectivity index (χ2v) is 9.70. The monoisotopic (exact) mass is 456 g/mol. The van der Waals surface area contributed by atoms with Crippen molar-refractivity contribution in [3.05, 3.63) is 47.1 Å². The van der Waals surface area contributed by atoms with E-state index in [1.807, 2.05) is 13.0 Å². The number of aryl methyl sites for hydroxylation is 1. The molecule has 0 aromatic heterocycles. The third-order valence-electron chi connectivity index (χ3n) is 7.01. The van der Waals surface area contributed by atoms with Gasteiger partial charge in [0.2, 0.25) is 0 Å². The van der Waals surface area contributed by atoms with Crippen LogP contribution in [-0.4, -0.2) is 65.9 Å². The smallest absolute Gasteiger partial charge is 0.335 e. The number of esters is 1. The molecule has 6 nitrogen and oxygen atoms in total. The van der Waals surface area contributed by atoms with Gasteiger partial charge in [-0.15, -0.1) is 0 Å². The van der Waals surface area contributed by atoms with Gasteiger partial charge in [0.05, 0.1) is 0 Å². The van der Waals surface area contributed by atoms with Crippen LogP contribution in [-0.2, 0) is 16.0 Å². The lowest BCUT2D eigenvalue weighted by Gasteiger charge is -2.33. The molecule has 1 saturated heterocycles. The van der Waals surface area contributed by atoms with Crippen LogP contribution in [0.1, 0.15) is 63.0 Å². The maximum Gasteiger partial charge on any atom is 0.335 e. The van der Waals surface area contributed by atoms with Crippen molar-refractivity contribution < 1.29 is 19.7 Å². The minimum atomic E-state index is -0.313. The average molecular weight is 457 g/mol. The molecule has 6 heteroatoms. The molecule has 0 saturated carbocycles. The molecule has 1 heterocycles. The number of phenolic OH excluding ortho intramolecular Hbond substituents is 2. The molecule has 0 spiro atoms. The van der Waals surface area contributed by atoms with Crippen molar-refractivity contribution in [1.29, 1.82) is 0 Å². The number of hydrogen-bond donors (Lipinski definition) is 2. The topological polar surface area (TPSA) is 73.2 Å². The van der Waals surface area contributed by atoms with E-state index in [2.05, 4.69) is 30.4 Å². The third-order valence-corrected chi connectivity index (χ3v) is 7.01. The summed E-state index contributed by atoms with van der Waals surface area (Å²) in [6, 6.07) is 3.52. The Hall–Kier alpha value is -2.31. The summed E-state index contributed by atoms with van der Waals surface area (Å²) in [6.45, 7) is 12.3. The van der Waals surface area contributed by atoms with Gasteiger partial charge >= 0.3 is 5.97 Å². The van der Waals surface area contributed by atoms with Gasteiger partial charge in [0, 0.05) is 43.2 Å². The Morgan fingerprint density at radius 3 is 2.42 bits per heavy atom. The van der Waals surface area contributed by atoms with E-state index in [4.69, 9.17) is 4.74 Å². The summed E-state index contributed by atoms with van der Waals surface area (Å²) in [5.41, 5.74) is 3.00. The van der Waals surface area contributed by atoms with Crippen molar-refractivity contribution in [2.24, 2.45) is 5.92 Å². The lowest BCUT2D eigenvalue weighted by atomic mass is 9.73. The number of rotatable bonds is 9. The van der Waals surface area contributed by atoms with Gasteiger partial charge in [0.25, 0.3) is 0 Å². The van der Waals surface area contributed by atoms with Gasteiger partial charge in [0.15, 0.2) is 0 Å². The molecule has 2 aliphatic rings. The van der Waals surface area contributed by atoms with Crippen LogP contribution < -0.4 is 0 Å². The van der Waals surface area contributed by atoms with E-state index in [1.54, 1.807) is 12.1 Å². The van der Waals surface area contributed by atoms with Gasteiger partial charge in [0.1, 0.15) is 18.2 Å². The summed E-state index contributed by atoms with van der Waals surface area (Å²) in [7, 11) is 2.09. The molecule has 0 amide bonds. The van der Waals surface area contributed by atoms with Crippen molar-refractivity contribution >= 4 is 5.97 Å². The van der Waals surface area contributed by atoms with E-state index in [1.165, 1.54) is 0 Å². The summed E-state index contributed by atoms with van der Waals surface area (Å²) in [5, 5.41) is 21.7. The fraction of sp³-hybridized carbons (Fsp3) is 0.593. The molecule has 2 N–H and O–H groups in total. The molecule has 2 atom stereocenters. The number of piperazine rings is 1. The molecule has 0 radical (unpaired) electrons. The molecule has 1 aliphatic heterocycles. The van der Waals surface area contributed by atoms with Crippen molar-refractivity contribution in [1.82, 2.24) is 9.80 Å². The van der Waals surface area contributed by atoms with Crippen LogP contribution in [0.2, 0.25) is 0 Å². The predicted octanol–water partition coefficient (Wildman–Crippen LogP) is 4.57. The third kappa shape index (κ3) is 6.61. The number of aromatic hydroxyl groups is 2. The number of hydrogen-bond acceptors (Lipinski definition) is 6. The summed E-state index contributed by atoms with van der Waals surface area (Å²) < 4.78 is 5.62. The van der Waals surface area contributed by atoms with Crippen LogP contribution >= 0.6 is 0 Å². The molecular weight excluding hydrogens is 416 g/mol. The highest BCUT2D eigenvalue weighted by molar-refractivity contribution is 5.89. The largest absolute Gasteiger partial charge is 0.507 e. The van der Waals surface area contributed by atoms with E-state index < -0.39 is 0 Å². The van der Waals surface area contributed by atoms with Gasteiger partial charge in [-0.25, -0.2) is 4.79 Å². The van der Waals surface area contributed by atoms with Crippen molar-refractivity contribution in [3.8, 4) is 11.5 Å². The Morgan fingerprint density at radius 2 is 1.82 bits per heavy atom. The number of ether oxygens (including phenoxy) is 1. The van der Waals surface area contributed by atoms with Crippen molar-refractivity contribution in [3.63, 3.8) is 0 Å². The van der Waals surface area contributed by atoms with E-state index >= 15 is 0 Å². The van der Waals surface area contributed by atoms with Gasteiger partial charge in [-0.05, 0) is 63.3 Å². The first-order valence-electron chi connectivity index (χ1n) is 12.3. The Bertz CT molecular complexity index is 848. The summed E-state index contributed by atoms with van der Waals surface area (Å²) in [5.74, 6) is -0.412. The Balaban J connectivity index is 1.77. The normalized spacial score (nSPS) is 22.1. The molecule has 0 unspecified atom stereocenters. The fourth-order valence-corrected chi connectivity index (χ4v) is 4.88. The Morgan fingerprint density at radius 1 is 1.15 bits per heavy atom. The van der Waals surface area contributed by atoms with Gasteiger partial charge < -0.3 is 19.8 Å².